The fraction of sp³-hybridized carbons (Fsp3) is 0.600. The van der Waals surface area contributed by atoms with Crippen molar-refractivity contribution in [2.45, 2.75) is 38.9 Å². The molecule has 2 rings (SSSR count). The van der Waals surface area contributed by atoms with E-state index < -0.39 is 0 Å². The Balaban J connectivity index is 2.00. The Labute approximate surface area is 109 Å². The maximum atomic E-state index is 6.08. The molecule has 0 bridgehead atoms. The highest BCUT2D eigenvalue weighted by Crippen LogP contribution is 2.27. The summed E-state index contributed by atoms with van der Waals surface area (Å²) in [5, 5.41) is 3.42. The molecule has 0 spiro atoms. The average Bonchev–Trinajstić information content (AvgIpc) is 2.36. The molecule has 1 atom stereocenters. The van der Waals surface area contributed by atoms with E-state index in [0.717, 1.165) is 31.9 Å². The Bertz CT molecular complexity index is 373. The van der Waals surface area contributed by atoms with Gasteiger partial charge < -0.3 is 14.8 Å². The third kappa shape index (κ3) is 3.47. The lowest BCUT2D eigenvalue weighted by Gasteiger charge is -2.36. The van der Waals surface area contributed by atoms with E-state index in [4.69, 9.17) is 9.47 Å². The van der Waals surface area contributed by atoms with Crippen molar-refractivity contribution in [2.75, 3.05) is 19.7 Å². The second kappa shape index (κ2) is 5.72. The van der Waals surface area contributed by atoms with Crippen LogP contribution in [0, 0.1) is 0 Å². The number of hydrogen-bond donors (Lipinski definition) is 1. The Hall–Kier alpha value is -1.06. The molecule has 0 saturated carbocycles. The van der Waals surface area contributed by atoms with Gasteiger partial charge in [-0.1, -0.05) is 19.1 Å². The summed E-state index contributed by atoms with van der Waals surface area (Å²) >= 11 is 0. The molecule has 1 N–H and O–H groups in total. The van der Waals surface area contributed by atoms with Crippen molar-refractivity contribution in [1.29, 1.82) is 0 Å². The molecule has 1 aliphatic rings. The third-order valence-electron chi connectivity index (χ3n) is 3.07. The maximum Gasteiger partial charge on any atom is 0.119 e. The van der Waals surface area contributed by atoms with E-state index in [1.54, 1.807) is 0 Å². The topological polar surface area (TPSA) is 30.5 Å². The summed E-state index contributed by atoms with van der Waals surface area (Å²) in [6.45, 7) is 8.89. The molecule has 18 heavy (non-hydrogen) atoms. The summed E-state index contributed by atoms with van der Waals surface area (Å²) < 4.78 is 11.7. The van der Waals surface area contributed by atoms with Crippen LogP contribution in [0.15, 0.2) is 24.3 Å². The van der Waals surface area contributed by atoms with Gasteiger partial charge in [0, 0.05) is 13.1 Å². The van der Waals surface area contributed by atoms with Crippen molar-refractivity contribution in [3.63, 3.8) is 0 Å². The molecule has 0 amide bonds. The van der Waals surface area contributed by atoms with Gasteiger partial charge in [0.05, 0.1) is 18.3 Å². The molecule has 0 aliphatic carbocycles. The maximum absolute atomic E-state index is 6.08. The Morgan fingerprint density at radius 2 is 2.06 bits per heavy atom. The van der Waals surface area contributed by atoms with E-state index >= 15 is 0 Å². The molecule has 3 heteroatoms. The number of rotatable bonds is 4. The minimum Gasteiger partial charge on any atom is -0.494 e. The molecule has 0 radical (unpaired) electrons. The quantitative estimate of drug-likeness (QED) is 0.890. The SMILES string of the molecule is CCCOc1ccc(C2CNCC(C)(C)O2)cc1. The van der Waals surface area contributed by atoms with Crippen molar-refractivity contribution in [3.05, 3.63) is 29.8 Å². The van der Waals surface area contributed by atoms with Crippen LogP contribution in [-0.2, 0) is 4.74 Å². The molecule has 1 aromatic rings. The van der Waals surface area contributed by atoms with Crippen LogP contribution in [0.3, 0.4) is 0 Å². The summed E-state index contributed by atoms with van der Waals surface area (Å²) in [7, 11) is 0. The van der Waals surface area contributed by atoms with Gasteiger partial charge in [0.25, 0.3) is 0 Å². The second-order valence-corrected chi connectivity index (χ2v) is 5.41. The van der Waals surface area contributed by atoms with Crippen LogP contribution >= 0.6 is 0 Å². The van der Waals surface area contributed by atoms with Crippen LogP contribution in [0.1, 0.15) is 38.9 Å². The first kappa shape index (κ1) is 13.4. The zero-order valence-electron chi connectivity index (χ0n) is 11.5. The number of hydrogen-bond acceptors (Lipinski definition) is 3. The van der Waals surface area contributed by atoms with Crippen LogP contribution in [0.5, 0.6) is 5.75 Å². The monoisotopic (exact) mass is 249 g/mol. The van der Waals surface area contributed by atoms with E-state index in [-0.39, 0.29) is 11.7 Å². The molecule has 0 aromatic heterocycles. The van der Waals surface area contributed by atoms with Crippen LogP contribution < -0.4 is 10.1 Å². The minimum absolute atomic E-state index is 0.0969. The lowest BCUT2D eigenvalue weighted by Crippen LogP contribution is -2.46. The van der Waals surface area contributed by atoms with Gasteiger partial charge in [0.2, 0.25) is 0 Å². The average molecular weight is 249 g/mol. The van der Waals surface area contributed by atoms with Gasteiger partial charge in [-0.2, -0.15) is 0 Å². The molecule has 1 aliphatic heterocycles. The van der Waals surface area contributed by atoms with E-state index in [1.807, 2.05) is 12.1 Å². The predicted octanol–water partition coefficient (Wildman–Crippen LogP) is 2.91. The smallest absolute Gasteiger partial charge is 0.119 e. The Morgan fingerprint density at radius 3 is 2.67 bits per heavy atom. The highest BCUT2D eigenvalue weighted by Gasteiger charge is 2.28. The fourth-order valence-corrected chi connectivity index (χ4v) is 2.16. The zero-order chi connectivity index (χ0) is 13.0. The molecular formula is C15H23NO2. The number of benzene rings is 1. The zero-order valence-corrected chi connectivity index (χ0v) is 11.5. The van der Waals surface area contributed by atoms with Crippen molar-refractivity contribution < 1.29 is 9.47 Å². The Kier molecular flexibility index (Phi) is 4.25. The van der Waals surface area contributed by atoms with Gasteiger partial charge in [-0.3, -0.25) is 0 Å². The Morgan fingerprint density at radius 1 is 1.33 bits per heavy atom. The van der Waals surface area contributed by atoms with E-state index in [2.05, 4.69) is 38.2 Å². The molecule has 3 nitrogen and oxygen atoms in total. The van der Waals surface area contributed by atoms with E-state index in [0.29, 0.717) is 0 Å². The summed E-state index contributed by atoms with van der Waals surface area (Å²) in [5.74, 6) is 0.934. The first-order chi connectivity index (χ1) is 8.61. The van der Waals surface area contributed by atoms with Gasteiger partial charge in [-0.05, 0) is 38.0 Å². The standard InChI is InChI=1S/C15H23NO2/c1-4-9-17-13-7-5-12(6-8-13)14-10-16-11-15(2,3)18-14/h5-8,14,16H,4,9-11H2,1-3H3. The summed E-state index contributed by atoms with van der Waals surface area (Å²) in [4.78, 5) is 0. The molecule has 1 saturated heterocycles. The van der Waals surface area contributed by atoms with Gasteiger partial charge >= 0.3 is 0 Å². The molecule has 1 aromatic carbocycles. The lowest BCUT2D eigenvalue weighted by atomic mass is 10.0. The lowest BCUT2D eigenvalue weighted by molar-refractivity contribution is -0.0958. The third-order valence-corrected chi connectivity index (χ3v) is 3.07. The van der Waals surface area contributed by atoms with E-state index in [1.165, 1.54) is 5.56 Å². The normalized spacial score (nSPS) is 22.7. The highest BCUT2D eigenvalue weighted by atomic mass is 16.5. The molecule has 100 valence electrons. The first-order valence-electron chi connectivity index (χ1n) is 6.72. The molecule has 1 heterocycles. The fourth-order valence-electron chi connectivity index (χ4n) is 2.16. The minimum atomic E-state index is -0.0969. The summed E-state index contributed by atoms with van der Waals surface area (Å²) in [6.07, 6.45) is 1.17. The van der Waals surface area contributed by atoms with Gasteiger partial charge in [0.1, 0.15) is 5.75 Å². The molecule has 1 fully saturated rings. The molecule has 1 unspecified atom stereocenters. The molecular weight excluding hydrogens is 226 g/mol. The summed E-state index contributed by atoms with van der Waals surface area (Å²) in [5.41, 5.74) is 1.11. The van der Waals surface area contributed by atoms with E-state index in [9.17, 15) is 0 Å². The number of nitrogens with one attached hydrogen (secondary N) is 1. The van der Waals surface area contributed by atoms with Crippen LogP contribution in [0.25, 0.3) is 0 Å². The van der Waals surface area contributed by atoms with Crippen molar-refractivity contribution in [3.8, 4) is 5.75 Å². The van der Waals surface area contributed by atoms with Crippen LogP contribution in [0.2, 0.25) is 0 Å². The van der Waals surface area contributed by atoms with Gasteiger partial charge in [-0.25, -0.2) is 0 Å². The summed E-state index contributed by atoms with van der Waals surface area (Å²) in [6, 6.07) is 8.24. The number of ether oxygens (including phenoxy) is 2. The van der Waals surface area contributed by atoms with Gasteiger partial charge in [-0.15, -0.1) is 0 Å². The predicted molar refractivity (Wildman–Crippen MR) is 73.0 cm³/mol. The number of morpholine rings is 1. The second-order valence-electron chi connectivity index (χ2n) is 5.41. The van der Waals surface area contributed by atoms with Crippen LogP contribution in [-0.4, -0.2) is 25.3 Å². The first-order valence-corrected chi connectivity index (χ1v) is 6.72. The van der Waals surface area contributed by atoms with Crippen LogP contribution in [0.4, 0.5) is 0 Å². The van der Waals surface area contributed by atoms with Crippen molar-refractivity contribution in [2.24, 2.45) is 0 Å². The largest absolute Gasteiger partial charge is 0.494 e. The highest BCUT2D eigenvalue weighted by molar-refractivity contribution is 5.29. The van der Waals surface area contributed by atoms with Gasteiger partial charge in [0.15, 0.2) is 0 Å². The van der Waals surface area contributed by atoms with Crippen molar-refractivity contribution >= 4 is 0 Å². The van der Waals surface area contributed by atoms with Crippen molar-refractivity contribution in [1.82, 2.24) is 5.32 Å².